The Bertz CT molecular complexity index is 487. The molecule has 2 aromatic carbocycles. The minimum atomic E-state index is -0.530. The molecule has 0 radical (unpaired) electrons. The van der Waals surface area contributed by atoms with Gasteiger partial charge in [0, 0.05) is 0 Å². The maximum Gasteiger partial charge on any atom is 0.133 e. The van der Waals surface area contributed by atoms with Crippen molar-refractivity contribution in [1.29, 1.82) is 0 Å². The second-order valence-electron chi connectivity index (χ2n) is 3.68. The number of hydrogen-bond donors (Lipinski definition) is 0. The van der Waals surface area contributed by atoms with Gasteiger partial charge in [0.25, 0.3) is 0 Å². The maximum atomic E-state index is 6.03. The summed E-state index contributed by atoms with van der Waals surface area (Å²) in [6, 6.07) is 20.0. The average Bonchev–Trinajstić information content (AvgIpc) is 2.38. The standard InChI is InChI=1S/C15H12Cl2/c16-15(17)14(13-9-5-2-6-10-13)11-12-7-3-1-4-8-12/h1-11,15H. The Morgan fingerprint density at radius 1 is 0.824 bits per heavy atom. The van der Waals surface area contributed by atoms with E-state index in [1.165, 1.54) is 0 Å². The first kappa shape index (κ1) is 12.2. The lowest BCUT2D eigenvalue weighted by Gasteiger charge is -2.08. The normalized spacial score (nSPS) is 11.8. The maximum absolute atomic E-state index is 6.03. The molecule has 86 valence electrons. The zero-order chi connectivity index (χ0) is 12.1. The summed E-state index contributed by atoms with van der Waals surface area (Å²) < 4.78 is 0. The summed E-state index contributed by atoms with van der Waals surface area (Å²) in [6.45, 7) is 0. The summed E-state index contributed by atoms with van der Waals surface area (Å²) in [5.41, 5.74) is 3.06. The molecular weight excluding hydrogens is 251 g/mol. The van der Waals surface area contributed by atoms with Crippen molar-refractivity contribution < 1.29 is 0 Å². The molecular formula is C15H12Cl2. The van der Waals surface area contributed by atoms with Gasteiger partial charge < -0.3 is 0 Å². The molecule has 2 rings (SSSR count). The van der Waals surface area contributed by atoms with E-state index < -0.39 is 4.84 Å². The molecule has 0 heterocycles. The highest BCUT2D eigenvalue weighted by Gasteiger charge is 2.09. The van der Waals surface area contributed by atoms with Gasteiger partial charge in [-0.1, -0.05) is 60.7 Å². The van der Waals surface area contributed by atoms with Crippen molar-refractivity contribution >= 4 is 34.9 Å². The molecule has 0 aromatic heterocycles. The lowest BCUT2D eigenvalue weighted by atomic mass is 10.0. The number of benzene rings is 2. The van der Waals surface area contributed by atoms with Crippen LogP contribution in [0.2, 0.25) is 0 Å². The van der Waals surface area contributed by atoms with Crippen LogP contribution in [0.4, 0.5) is 0 Å². The minimum Gasteiger partial charge on any atom is -0.100 e. The third-order valence-electron chi connectivity index (χ3n) is 2.46. The van der Waals surface area contributed by atoms with Crippen LogP contribution in [0.1, 0.15) is 11.1 Å². The summed E-state index contributed by atoms with van der Waals surface area (Å²) >= 11 is 12.1. The van der Waals surface area contributed by atoms with Crippen LogP contribution in [0.25, 0.3) is 11.6 Å². The quantitative estimate of drug-likeness (QED) is 0.538. The van der Waals surface area contributed by atoms with E-state index in [1.54, 1.807) is 0 Å². The number of allylic oxidation sites excluding steroid dienone is 1. The highest BCUT2D eigenvalue weighted by molar-refractivity contribution is 6.50. The Kier molecular flexibility index (Phi) is 4.24. The largest absolute Gasteiger partial charge is 0.133 e. The zero-order valence-corrected chi connectivity index (χ0v) is 10.7. The van der Waals surface area contributed by atoms with Crippen molar-refractivity contribution in [3.05, 3.63) is 71.8 Å². The van der Waals surface area contributed by atoms with Crippen molar-refractivity contribution in [3.63, 3.8) is 0 Å². The number of alkyl halides is 2. The van der Waals surface area contributed by atoms with Gasteiger partial charge in [0.15, 0.2) is 0 Å². The number of halogens is 2. The van der Waals surface area contributed by atoms with Crippen LogP contribution in [-0.2, 0) is 0 Å². The van der Waals surface area contributed by atoms with Crippen LogP contribution >= 0.6 is 23.2 Å². The molecule has 17 heavy (non-hydrogen) atoms. The van der Waals surface area contributed by atoms with Gasteiger partial charge in [-0.05, 0) is 22.8 Å². The smallest absolute Gasteiger partial charge is 0.100 e. The molecule has 0 fully saturated rings. The molecule has 0 bridgehead atoms. The van der Waals surface area contributed by atoms with Gasteiger partial charge >= 0.3 is 0 Å². The summed E-state index contributed by atoms with van der Waals surface area (Å²) in [7, 11) is 0. The summed E-state index contributed by atoms with van der Waals surface area (Å²) in [5.74, 6) is 0. The lowest BCUT2D eigenvalue weighted by molar-refractivity contribution is 1.53. The van der Waals surface area contributed by atoms with Crippen molar-refractivity contribution in [2.75, 3.05) is 0 Å². The van der Waals surface area contributed by atoms with Crippen LogP contribution < -0.4 is 0 Å². The molecule has 2 aromatic rings. The van der Waals surface area contributed by atoms with Gasteiger partial charge in [-0.15, -0.1) is 23.2 Å². The van der Waals surface area contributed by atoms with Gasteiger partial charge in [-0.3, -0.25) is 0 Å². The van der Waals surface area contributed by atoms with Gasteiger partial charge in [-0.2, -0.15) is 0 Å². The monoisotopic (exact) mass is 262 g/mol. The van der Waals surface area contributed by atoms with Crippen molar-refractivity contribution in [3.8, 4) is 0 Å². The van der Waals surface area contributed by atoms with E-state index in [2.05, 4.69) is 0 Å². The molecule has 0 spiro atoms. The van der Waals surface area contributed by atoms with Crippen LogP contribution in [-0.4, -0.2) is 4.84 Å². The van der Waals surface area contributed by atoms with E-state index in [0.717, 1.165) is 16.7 Å². The molecule has 0 aliphatic carbocycles. The van der Waals surface area contributed by atoms with Crippen molar-refractivity contribution in [2.24, 2.45) is 0 Å². The molecule has 0 nitrogen and oxygen atoms in total. The van der Waals surface area contributed by atoms with Gasteiger partial charge in [-0.25, -0.2) is 0 Å². The van der Waals surface area contributed by atoms with E-state index in [-0.39, 0.29) is 0 Å². The number of hydrogen-bond acceptors (Lipinski definition) is 0. The van der Waals surface area contributed by atoms with Crippen molar-refractivity contribution in [1.82, 2.24) is 0 Å². The minimum absolute atomic E-state index is 0.530. The zero-order valence-electron chi connectivity index (χ0n) is 9.18. The highest BCUT2D eigenvalue weighted by Crippen LogP contribution is 2.27. The Balaban J connectivity index is 2.40. The molecule has 0 atom stereocenters. The van der Waals surface area contributed by atoms with E-state index in [4.69, 9.17) is 23.2 Å². The summed E-state index contributed by atoms with van der Waals surface area (Å²) in [5, 5.41) is 0. The summed E-state index contributed by atoms with van der Waals surface area (Å²) in [6.07, 6.45) is 2.01. The Morgan fingerprint density at radius 2 is 1.35 bits per heavy atom. The Morgan fingerprint density at radius 3 is 1.88 bits per heavy atom. The number of rotatable bonds is 3. The topological polar surface area (TPSA) is 0 Å². The Labute approximate surface area is 112 Å². The summed E-state index contributed by atoms with van der Waals surface area (Å²) in [4.78, 5) is -0.530. The van der Waals surface area contributed by atoms with Gasteiger partial charge in [0.1, 0.15) is 4.84 Å². The predicted molar refractivity (Wildman–Crippen MR) is 76.2 cm³/mol. The Hall–Kier alpha value is -1.24. The fourth-order valence-corrected chi connectivity index (χ4v) is 2.01. The molecule has 0 aliphatic heterocycles. The SMILES string of the molecule is ClC(Cl)C(=Cc1ccccc1)c1ccccc1. The average molecular weight is 263 g/mol. The second kappa shape index (κ2) is 5.90. The molecule has 0 aliphatic rings. The van der Waals surface area contributed by atoms with E-state index in [9.17, 15) is 0 Å². The first-order chi connectivity index (χ1) is 8.27. The molecule has 0 unspecified atom stereocenters. The van der Waals surface area contributed by atoms with Crippen molar-refractivity contribution in [2.45, 2.75) is 4.84 Å². The van der Waals surface area contributed by atoms with Gasteiger partial charge in [0.05, 0.1) is 0 Å². The third kappa shape index (κ3) is 3.36. The van der Waals surface area contributed by atoms with Crippen LogP contribution in [0.3, 0.4) is 0 Å². The first-order valence-electron chi connectivity index (χ1n) is 5.37. The molecule has 0 saturated carbocycles. The third-order valence-corrected chi connectivity index (χ3v) is 2.93. The van der Waals surface area contributed by atoms with Gasteiger partial charge in [0.2, 0.25) is 0 Å². The predicted octanol–water partition coefficient (Wildman–Crippen LogP) is 5.03. The molecule has 0 amide bonds. The highest BCUT2D eigenvalue weighted by atomic mass is 35.5. The van der Waals surface area contributed by atoms with Crippen LogP contribution in [0.5, 0.6) is 0 Å². The first-order valence-corrected chi connectivity index (χ1v) is 6.25. The van der Waals surface area contributed by atoms with Crippen LogP contribution in [0, 0.1) is 0 Å². The molecule has 2 heteroatoms. The van der Waals surface area contributed by atoms with E-state index >= 15 is 0 Å². The van der Waals surface area contributed by atoms with E-state index in [1.807, 2.05) is 66.7 Å². The fourth-order valence-electron chi connectivity index (χ4n) is 1.63. The second-order valence-corrected chi connectivity index (χ2v) is 4.77. The molecule has 0 saturated heterocycles. The van der Waals surface area contributed by atoms with Crippen LogP contribution in [0.15, 0.2) is 60.7 Å². The van der Waals surface area contributed by atoms with E-state index in [0.29, 0.717) is 0 Å². The fraction of sp³-hybridized carbons (Fsp3) is 0.0667. The molecule has 0 N–H and O–H groups in total. The lowest BCUT2D eigenvalue weighted by Crippen LogP contribution is -1.93.